The Morgan fingerprint density at radius 3 is 2.13 bits per heavy atom. The van der Waals surface area contributed by atoms with Gasteiger partial charge in [-0.25, -0.2) is 0 Å². The number of hydrogen-bond acceptors (Lipinski definition) is 3. The Kier molecular flexibility index (Phi) is 9.19. The van der Waals surface area contributed by atoms with Crippen LogP contribution in [-0.2, 0) is 31.9 Å². The Labute approximate surface area is 288 Å². The zero-order valence-corrected chi connectivity index (χ0v) is 29.2. The largest absolute Gasteiger partial charge is 0.500 e. The molecule has 0 aliphatic rings. The molecule has 233 valence electrons. The standard InChI is InChI=1S/C22H20NO.C20H18N.Ir/c1-22(2,3)14-15-10-11-23-19(12-15)16-8-9-21-18(13-16)17-6-4-5-7-20(17)24-21;1-20(2,17-10-4-3-5-11-17)18-12-8-9-16(15-18)19-13-6-7-14-21-19;/h4-7,9-13H,14H2,1-3H3;3-8,10-15H,1-2H3;/q2*-1;/i14D2;;. The molecule has 0 aliphatic carbocycles. The van der Waals surface area contributed by atoms with E-state index < -0.39 is 11.8 Å². The summed E-state index contributed by atoms with van der Waals surface area (Å²) in [6.45, 7) is 10.2. The van der Waals surface area contributed by atoms with E-state index in [1.54, 1.807) is 12.3 Å². The summed E-state index contributed by atoms with van der Waals surface area (Å²) >= 11 is 0. The van der Waals surface area contributed by atoms with Crippen molar-refractivity contribution in [2.24, 2.45) is 5.41 Å². The van der Waals surface area contributed by atoms with Gasteiger partial charge in [-0.05, 0) is 52.4 Å². The molecular weight excluding hydrogens is 741 g/mol. The molecule has 4 aromatic carbocycles. The van der Waals surface area contributed by atoms with E-state index >= 15 is 0 Å². The third-order valence-electron chi connectivity index (χ3n) is 7.82. The van der Waals surface area contributed by atoms with E-state index in [1.165, 1.54) is 11.1 Å². The number of benzene rings is 4. The van der Waals surface area contributed by atoms with Crippen molar-refractivity contribution in [2.45, 2.75) is 46.4 Å². The van der Waals surface area contributed by atoms with E-state index in [4.69, 9.17) is 7.16 Å². The molecule has 3 aromatic heterocycles. The van der Waals surface area contributed by atoms with Crippen molar-refractivity contribution in [1.29, 1.82) is 0 Å². The zero-order chi connectivity index (χ0) is 33.2. The number of nitrogens with zero attached hydrogens (tertiary/aromatic N) is 2. The molecular formula is C42H38IrN2O-2. The van der Waals surface area contributed by atoms with Crippen molar-refractivity contribution in [3.05, 3.63) is 156 Å². The van der Waals surface area contributed by atoms with Gasteiger partial charge in [-0.3, -0.25) is 0 Å². The molecule has 0 atom stereocenters. The van der Waals surface area contributed by atoms with E-state index in [-0.39, 0.29) is 25.5 Å². The van der Waals surface area contributed by atoms with Gasteiger partial charge >= 0.3 is 0 Å². The predicted molar refractivity (Wildman–Crippen MR) is 186 cm³/mol. The smallest absolute Gasteiger partial charge is 0.120 e. The molecule has 3 nitrogen and oxygen atoms in total. The maximum Gasteiger partial charge on any atom is 0.120 e. The molecule has 4 heteroatoms. The molecule has 0 saturated carbocycles. The van der Waals surface area contributed by atoms with Crippen molar-refractivity contribution < 1.29 is 27.3 Å². The number of furan rings is 1. The topological polar surface area (TPSA) is 38.9 Å². The van der Waals surface area contributed by atoms with Crippen LogP contribution >= 0.6 is 0 Å². The molecule has 46 heavy (non-hydrogen) atoms. The minimum absolute atomic E-state index is 0. The Morgan fingerprint density at radius 1 is 0.652 bits per heavy atom. The minimum atomic E-state index is -1.46. The van der Waals surface area contributed by atoms with Crippen molar-refractivity contribution in [2.75, 3.05) is 0 Å². The van der Waals surface area contributed by atoms with Crippen LogP contribution < -0.4 is 0 Å². The first kappa shape index (κ1) is 30.3. The maximum absolute atomic E-state index is 8.51. The van der Waals surface area contributed by atoms with Crippen molar-refractivity contribution >= 4 is 21.9 Å². The van der Waals surface area contributed by atoms with Crippen LogP contribution in [0.3, 0.4) is 0 Å². The average molecular weight is 781 g/mol. The van der Waals surface area contributed by atoms with Crippen LogP contribution in [0.2, 0.25) is 0 Å². The van der Waals surface area contributed by atoms with E-state index in [1.807, 2.05) is 93.7 Å². The first-order valence-corrected chi connectivity index (χ1v) is 15.2. The van der Waals surface area contributed by atoms with E-state index in [0.717, 1.165) is 38.8 Å². The molecule has 0 aliphatic heterocycles. The fourth-order valence-corrected chi connectivity index (χ4v) is 5.45. The third kappa shape index (κ3) is 7.53. The van der Waals surface area contributed by atoms with E-state index in [2.05, 4.69) is 78.4 Å². The quantitative estimate of drug-likeness (QED) is 0.163. The van der Waals surface area contributed by atoms with Crippen LogP contribution in [0, 0.1) is 17.5 Å². The second kappa shape index (κ2) is 14.0. The molecule has 3 heterocycles. The zero-order valence-electron chi connectivity index (χ0n) is 28.8. The summed E-state index contributed by atoms with van der Waals surface area (Å²) in [4.78, 5) is 8.86. The number of hydrogen-bond donors (Lipinski definition) is 0. The molecule has 0 fully saturated rings. The summed E-state index contributed by atoms with van der Waals surface area (Å²) in [5.41, 5.74) is 7.82. The van der Waals surface area contributed by atoms with Crippen molar-refractivity contribution in [3.63, 3.8) is 0 Å². The van der Waals surface area contributed by atoms with Crippen LogP contribution in [0.1, 0.15) is 54.1 Å². The summed E-state index contributed by atoms with van der Waals surface area (Å²) in [6.07, 6.45) is 2.02. The molecule has 0 N–H and O–H groups in total. The van der Waals surface area contributed by atoms with Gasteiger partial charge in [0.05, 0.1) is 5.58 Å². The summed E-state index contributed by atoms with van der Waals surface area (Å²) in [5.74, 6) is 0. The van der Waals surface area contributed by atoms with Crippen LogP contribution in [0.4, 0.5) is 0 Å². The van der Waals surface area contributed by atoms with E-state index in [0.29, 0.717) is 11.3 Å². The number of aromatic nitrogens is 2. The van der Waals surface area contributed by atoms with Gasteiger partial charge in [0.25, 0.3) is 0 Å². The summed E-state index contributed by atoms with van der Waals surface area (Å²) < 4.78 is 22.9. The molecule has 7 aromatic rings. The summed E-state index contributed by atoms with van der Waals surface area (Å²) in [5, 5.41) is 2.07. The SMILES string of the molecule is CC(C)(c1ccccc1)c1cc[c-]c(-c2ccccn2)c1.[2H]C([2H])(c1ccnc(-c2[c-]cc3oc4ccccc4c3c2)c1)C(C)(C)C.[Ir]. The molecule has 0 bridgehead atoms. The molecule has 7 rings (SSSR count). The van der Waals surface area contributed by atoms with Gasteiger partial charge in [-0.1, -0.05) is 112 Å². The predicted octanol–water partition coefficient (Wildman–Crippen LogP) is 10.9. The molecule has 0 spiro atoms. The number of para-hydroxylation sites is 1. The molecule has 0 unspecified atom stereocenters. The molecule has 0 amide bonds. The Balaban J connectivity index is 0.000000188. The van der Waals surface area contributed by atoms with Gasteiger partial charge in [-0.2, -0.15) is 0 Å². The third-order valence-corrected chi connectivity index (χ3v) is 7.82. The monoisotopic (exact) mass is 781 g/mol. The number of pyridine rings is 2. The second-order valence-electron chi connectivity index (χ2n) is 12.7. The van der Waals surface area contributed by atoms with Gasteiger partial charge in [0.2, 0.25) is 0 Å². The fraction of sp³-hybridized carbons (Fsp3) is 0.190. The van der Waals surface area contributed by atoms with Gasteiger partial charge in [0, 0.05) is 40.6 Å². The van der Waals surface area contributed by atoms with Gasteiger partial charge in [-0.15, -0.1) is 59.2 Å². The van der Waals surface area contributed by atoms with Gasteiger partial charge in [0.1, 0.15) is 5.58 Å². The van der Waals surface area contributed by atoms with Crippen LogP contribution in [-0.4, -0.2) is 9.97 Å². The Morgan fingerprint density at radius 2 is 1.37 bits per heavy atom. The Bertz CT molecular complexity index is 2130. The normalized spacial score (nSPS) is 12.5. The second-order valence-corrected chi connectivity index (χ2v) is 12.7. The van der Waals surface area contributed by atoms with Crippen LogP contribution in [0.15, 0.2) is 132 Å². The summed E-state index contributed by atoms with van der Waals surface area (Å²) in [7, 11) is 0. The first-order chi connectivity index (χ1) is 22.4. The Hall–Kier alpha value is -4.37. The molecule has 0 saturated heterocycles. The van der Waals surface area contributed by atoms with Crippen molar-refractivity contribution in [1.82, 2.24) is 9.97 Å². The van der Waals surface area contributed by atoms with E-state index in [9.17, 15) is 0 Å². The number of fused-ring (bicyclic) bond motifs is 3. The summed E-state index contributed by atoms with van der Waals surface area (Å²) in [6, 6.07) is 44.7. The van der Waals surface area contributed by atoms with Crippen LogP contribution in [0.25, 0.3) is 44.5 Å². The van der Waals surface area contributed by atoms with Crippen molar-refractivity contribution in [3.8, 4) is 22.5 Å². The number of rotatable bonds is 5. The minimum Gasteiger partial charge on any atom is -0.500 e. The first-order valence-electron chi connectivity index (χ1n) is 16.2. The van der Waals surface area contributed by atoms with Gasteiger partial charge in [0.15, 0.2) is 0 Å². The average Bonchev–Trinajstić information content (AvgIpc) is 3.47. The van der Waals surface area contributed by atoms with Crippen LogP contribution in [0.5, 0.6) is 0 Å². The fourth-order valence-electron chi connectivity index (χ4n) is 5.45. The van der Waals surface area contributed by atoms with Gasteiger partial charge < -0.3 is 14.4 Å². The molecule has 1 radical (unpaired) electrons. The maximum atomic E-state index is 8.51.